The Kier molecular flexibility index (Phi) is 7.85. The highest BCUT2D eigenvalue weighted by atomic mass is 15.2. The van der Waals surface area contributed by atoms with Gasteiger partial charge in [-0.25, -0.2) is 9.97 Å². The highest BCUT2D eigenvalue weighted by Crippen LogP contribution is 2.28. The third-order valence-corrected chi connectivity index (χ3v) is 6.43. The van der Waals surface area contributed by atoms with Gasteiger partial charge in [0.25, 0.3) is 0 Å². The van der Waals surface area contributed by atoms with Crippen molar-refractivity contribution in [1.29, 1.82) is 0 Å². The molecule has 176 valence electrons. The molecular formula is C28H34N6. The van der Waals surface area contributed by atoms with E-state index in [4.69, 9.17) is 0 Å². The molecule has 2 aliphatic rings. The van der Waals surface area contributed by atoms with E-state index in [9.17, 15) is 0 Å². The maximum Gasteiger partial charge on any atom is 0.124 e. The molecule has 1 aromatic carbocycles. The summed E-state index contributed by atoms with van der Waals surface area (Å²) in [6.45, 7) is 6.25. The van der Waals surface area contributed by atoms with Gasteiger partial charge in [-0.2, -0.15) is 0 Å². The lowest BCUT2D eigenvalue weighted by atomic mass is 10.1. The van der Waals surface area contributed by atoms with Gasteiger partial charge in [0, 0.05) is 11.1 Å². The number of hydrogen-bond donors (Lipinski definition) is 2. The summed E-state index contributed by atoms with van der Waals surface area (Å²) in [4.78, 5) is 20.5. The predicted molar refractivity (Wildman–Crippen MR) is 136 cm³/mol. The lowest BCUT2D eigenvalue weighted by Crippen LogP contribution is -2.18. The van der Waals surface area contributed by atoms with Crippen molar-refractivity contribution in [3.05, 3.63) is 70.8 Å². The molecule has 0 amide bonds. The van der Waals surface area contributed by atoms with E-state index in [1.54, 1.807) is 0 Å². The van der Waals surface area contributed by atoms with Gasteiger partial charge >= 0.3 is 0 Å². The number of likely N-dealkylation sites (tertiary alicyclic amines) is 2. The van der Waals surface area contributed by atoms with Crippen molar-refractivity contribution in [3.63, 3.8) is 0 Å². The second-order valence-electron chi connectivity index (χ2n) is 8.72. The summed E-state index contributed by atoms with van der Waals surface area (Å²) >= 11 is 0. The van der Waals surface area contributed by atoms with E-state index in [0.717, 1.165) is 60.1 Å². The highest BCUT2D eigenvalue weighted by molar-refractivity contribution is 5.46. The SMILES string of the molecule is CC.CN1CCCC1c1ncc(C#Cc2ccc(C#Cc3cnc(C4CCCN4C)[nH]3)cc2)[nH]1. The molecule has 2 unspecified atom stereocenters. The largest absolute Gasteiger partial charge is 0.334 e. The first kappa shape index (κ1) is 23.8. The van der Waals surface area contributed by atoms with Gasteiger partial charge in [0.15, 0.2) is 0 Å². The predicted octanol–water partition coefficient (Wildman–Crippen LogP) is 4.49. The van der Waals surface area contributed by atoms with E-state index in [1.165, 1.54) is 12.8 Å². The van der Waals surface area contributed by atoms with Crippen LogP contribution in [0.1, 0.15) is 85.8 Å². The summed E-state index contributed by atoms with van der Waals surface area (Å²) in [5.41, 5.74) is 3.62. The normalized spacial score (nSPS) is 20.1. The highest BCUT2D eigenvalue weighted by Gasteiger charge is 2.25. The van der Waals surface area contributed by atoms with Crippen LogP contribution in [0.25, 0.3) is 0 Å². The average Bonchev–Trinajstić information content (AvgIpc) is 3.66. The molecule has 3 aromatic rings. The van der Waals surface area contributed by atoms with Gasteiger partial charge in [0.05, 0.1) is 24.5 Å². The summed E-state index contributed by atoms with van der Waals surface area (Å²) in [6, 6.07) is 8.79. The Hall–Kier alpha value is -3.32. The molecule has 2 fully saturated rings. The third kappa shape index (κ3) is 5.59. The zero-order chi connectivity index (χ0) is 23.9. The molecule has 2 aromatic heterocycles. The fourth-order valence-corrected chi connectivity index (χ4v) is 4.57. The molecule has 2 N–H and O–H groups in total. The number of aromatic nitrogens is 4. The van der Waals surface area contributed by atoms with Gasteiger partial charge in [-0.05, 0) is 89.0 Å². The van der Waals surface area contributed by atoms with Gasteiger partial charge in [0.1, 0.15) is 23.0 Å². The Bertz CT molecular complexity index is 1100. The van der Waals surface area contributed by atoms with Crippen LogP contribution in [0, 0.1) is 23.7 Å². The van der Waals surface area contributed by atoms with E-state index in [1.807, 2.05) is 50.5 Å². The molecule has 0 radical (unpaired) electrons. The minimum absolute atomic E-state index is 0.383. The zero-order valence-corrected chi connectivity index (χ0v) is 20.7. The van der Waals surface area contributed by atoms with Crippen molar-refractivity contribution in [2.75, 3.05) is 27.2 Å². The van der Waals surface area contributed by atoms with Crippen LogP contribution >= 0.6 is 0 Å². The zero-order valence-electron chi connectivity index (χ0n) is 20.7. The molecule has 4 heterocycles. The van der Waals surface area contributed by atoms with Gasteiger partial charge in [-0.3, -0.25) is 9.80 Å². The Labute approximate surface area is 203 Å². The van der Waals surface area contributed by atoms with Crippen LogP contribution in [-0.2, 0) is 0 Å². The molecule has 5 rings (SSSR count). The number of nitrogens with zero attached hydrogens (tertiary/aromatic N) is 4. The molecule has 0 saturated carbocycles. The van der Waals surface area contributed by atoms with Crippen molar-refractivity contribution in [2.45, 2.75) is 51.6 Å². The van der Waals surface area contributed by atoms with Gasteiger partial charge in [0.2, 0.25) is 0 Å². The van der Waals surface area contributed by atoms with E-state index >= 15 is 0 Å². The summed E-state index contributed by atoms with van der Waals surface area (Å²) in [6.07, 6.45) is 8.40. The maximum absolute atomic E-state index is 4.53. The first-order valence-corrected chi connectivity index (χ1v) is 12.3. The van der Waals surface area contributed by atoms with Crippen molar-refractivity contribution in [3.8, 4) is 23.7 Å². The second kappa shape index (κ2) is 11.2. The summed E-state index contributed by atoms with van der Waals surface area (Å²) < 4.78 is 0. The van der Waals surface area contributed by atoms with Crippen molar-refractivity contribution < 1.29 is 0 Å². The number of nitrogens with one attached hydrogen (secondary N) is 2. The fourth-order valence-electron chi connectivity index (χ4n) is 4.57. The van der Waals surface area contributed by atoms with Crippen LogP contribution in [0.5, 0.6) is 0 Å². The second-order valence-corrected chi connectivity index (χ2v) is 8.72. The summed E-state index contributed by atoms with van der Waals surface area (Å²) in [5, 5.41) is 0. The lowest BCUT2D eigenvalue weighted by Gasteiger charge is -2.16. The smallest absolute Gasteiger partial charge is 0.124 e. The molecule has 0 aliphatic carbocycles. The van der Waals surface area contributed by atoms with Crippen molar-refractivity contribution in [1.82, 2.24) is 29.7 Å². The molecule has 0 bridgehead atoms. The van der Waals surface area contributed by atoms with E-state index in [2.05, 4.69) is 67.5 Å². The first-order valence-electron chi connectivity index (χ1n) is 12.3. The number of aromatic amines is 2. The number of rotatable bonds is 2. The Balaban J connectivity index is 0.00000133. The molecule has 0 spiro atoms. The molecule has 6 heteroatoms. The first-order chi connectivity index (χ1) is 16.7. The summed E-state index contributed by atoms with van der Waals surface area (Å²) in [7, 11) is 4.30. The van der Waals surface area contributed by atoms with Gasteiger partial charge < -0.3 is 9.97 Å². The molecule has 2 aliphatic heterocycles. The quantitative estimate of drug-likeness (QED) is 0.560. The van der Waals surface area contributed by atoms with Crippen LogP contribution in [0.2, 0.25) is 0 Å². The van der Waals surface area contributed by atoms with Crippen LogP contribution in [0.4, 0.5) is 0 Å². The Morgan fingerprint density at radius 3 is 1.47 bits per heavy atom. The minimum atomic E-state index is 0.383. The van der Waals surface area contributed by atoms with Crippen LogP contribution < -0.4 is 0 Å². The molecular weight excluding hydrogens is 420 g/mol. The van der Waals surface area contributed by atoms with Crippen molar-refractivity contribution >= 4 is 0 Å². The molecule has 6 nitrogen and oxygen atoms in total. The maximum atomic E-state index is 4.53. The average molecular weight is 455 g/mol. The Morgan fingerprint density at radius 2 is 1.12 bits per heavy atom. The van der Waals surface area contributed by atoms with E-state index < -0.39 is 0 Å². The fraction of sp³-hybridized carbons (Fsp3) is 0.429. The monoisotopic (exact) mass is 454 g/mol. The standard InChI is InChI=1S/C26H28N6.C2H6/c1-31-15-3-5-23(31)25-27-17-21(29-25)13-11-19-7-9-20(10-8-19)12-14-22-18-28-26(30-22)24-6-4-16-32(24)2;1-2/h7-10,17-18,23-24H,3-6,15-16H2,1-2H3,(H,27,29)(H,28,30);1-2H3. The van der Waals surface area contributed by atoms with Crippen LogP contribution in [-0.4, -0.2) is 56.9 Å². The number of hydrogen-bond acceptors (Lipinski definition) is 4. The Morgan fingerprint density at radius 1 is 0.706 bits per heavy atom. The third-order valence-electron chi connectivity index (χ3n) is 6.43. The number of H-pyrrole nitrogens is 2. The topological polar surface area (TPSA) is 63.8 Å². The van der Waals surface area contributed by atoms with Gasteiger partial charge in [-0.1, -0.05) is 25.7 Å². The number of benzene rings is 1. The lowest BCUT2D eigenvalue weighted by molar-refractivity contribution is 0.307. The van der Waals surface area contributed by atoms with Crippen LogP contribution in [0.3, 0.4) is 0 Å². The molecule has 2 atom stereocenters. The van der Waals surface area contributed by atoms with E-state index in [-0.39, 0.29) is 0 Å². The van der Waals surface area contributed by atoms with Crippen LogP contribution in [0.15, 0.2) is 36.7 Å². The van der Waals surface area contributed by atoms with Gasteiger partial charge in [-0.15, -0.1) is 0 Å². The van der Waals surface area contributed by atoms with E-state index in [0.29, 0.717) is 12.1 Å². The number of imidazole rings is 2. The summed E-state index contributed by atoms with van der Waals surface area (Å²) in [5.74, 6) is 14.8. The minimum Gasteiger partial charge on any atom is -0.334 e. The molecule has 2 saturated heterocycles. The van der Waals surface area contributed by atoms with Crippen molar-refractivity contribution in [2.24, 2.45) is 0 Å². The molecule has 34 heavy (non-hydrogen) atoms.